The molecule has 0 radical (unpaired) electrons. The number of hydrazine groups is 1. The Morgan fingerprint density at radius 3 is 2.53 bits per heavy atom. The Bertz CT molecular complexity index is 1570. The topological polar surface area (TPSA) is 109 Å². The minimum atomic E-state index is -4.21. The number of amides is 2. The Morgan fingerprint density at radius 1 is 1.12 bits per heavy atom. The second kappa shape index (κ2) is 15.9. The molecule has 15 heteroatoms. The van der Waals surface area contributed by atoms with Crippen LogP contribution in [0.25, 0.3) is 0 Å². The molecule has 0 bridgehead atoms. The van der Waals surface area contributed by atoms with E-state index < -0.39 is 29.3 Å². The molecule has 5 rings (SSSR count). The average Bonchev–Trinajstić information content (AvgIpc) is 3.59. The number of likely N-dealkylation sites (tertiary alicyclic amines) is 1. The molecular formula is C36H48ClF3N6O4S. The molecule has 0 spiro atoms. The Balaban J connectivity index is 0.982. The van der Waals surface area contributed by atoms with Crippen molar-refractivity contribution in [2.24, 2.45) is 11.3 Å². The highest BCUT2D eigenvalue weighted by atomic mass is 35.5. The molecule has 2 unspecified atom stereocenters. The smallest absolute Gasteiger partial charge is 0.410 e. The van der Waals surface area contributed by atoms with Gasteiger partial charge in [-0.15, -0.1) is 0 Å². The Labute approximate surface area is 307 Å². The highest BCUT2D eigenvalue weighted by Gasteiger charge is 2.62. The lowest BCUT2D eigenvalue weighted by Gasteiger charge is -2.33. The molecule has 280 valence electrons. The van der Waals surface area contributed by atoms with Gasteiger partial charge in [-0.1, -0.05) is 30.5 Å². The number of hydrogen-bond donors (Lipinski definition) is 2. The van der Waals surface area contributed by atoms with Crippen LogP contribution in [0.2, 0.25) is 5.15 Å². The van der Waals surface area contributed by atoms with Crippen LogP contribution in [0, 0.1) is 11.3 Å². The van der Waals surface area contributed by atoms with Crippen molar-refractivity contribution < 1.29 is 32.2 Å². The third-order valence-electron chi connectivity index (χ3n) is 9.53. The van der Waals surface area contributed by atoms with Crippen molar-refractivity contribution in [2.45, 2.75) is 121 Å². The Kier molecular flexibility index (Phi) is 12.2. The monoisotopic (exact) mass is 752 g/mol. The van der Waals surface area contributed by atoms with E-state index in [4.69, 9.17) is 21.1 Å². The predicted octanol–water partition coefficient (Wildman–Crippen LogP) is 8.62. The first-order valence-electron chi connectivity index (χ1n) is 17.5. The molecule has 1 saturated heterocycles. The maximum Gasteiger partial charge on any atom is 0.410 e. The Hall–Kier alpha value is -3.07. The van der Waals surface area contributed by atoms with Crippen LogP contribution in [0.5, 0.6) is 0 Å². The van der Waals surface area contributed by atoms with Crippen molar-refractivity contribution in [1.29, 1.82) is 0 Å². The molecule has 10 nitrogen and oxygen atoms in total. The van der Waals surface area contributed by atoms with Crippen molar-refractivity contribution in [1.82, 2.24) is 25.0 Å². The van der Waals surface area contributed by atoms with Gasteiger partial charge in [0, 0.05) is 43.0 Å². The van der Waals surface area contributed by atoms with Crippen LogP contribution in [0.3, 0.4) is 0 Å². The minimum Gasteiger partial charge on any atom is -0.444 e. The number of nitrogens with zero attached hydrogens (tertiary/aromatic N) is 4. The van der Waals surface area contributed by atoms with Gasteiger partial charge in [0.2, 0.25) is 0 Å². The first-order valence-corrected chi connectivity index (χ1v) is 18.7. The molecule has 2 fully saturated rings. The zero-order chi connectivity index (χ0) is 37.0. The summed E-state index contributed by atoms with van der Waals surface area (Å²) < 4.78 is 53.4. The second-order valence-electron chi connectivity index (χ2n) is 15.3. The highest BCUT2D eigenvalue weighted by molar-refractivity contribution is 7.97. The minimum absolute atomic E-state index is 0.00802. The predicted molar refractivity (Wildman–Crippen MR) is 191 cm³/mol. The molecule has 2 amide bonds. The summed E-state index contributed by atoms with van der Waals surface area (Å²) in [5.74, 6) is 0.436. The van der Waals surface area contributed by atoms with Gasteiger partial charge in [-0.05, 0) is 115 Å². The van der Waals surface area contributed by atoms with Gasteiger partial charge in [0.25, 0.3) is 5.91 Å². The van der Waals surface area contributed by atoms with Crippen LogP contribution in [-0.2, 0) is 15.9 Å². The van der Waals surface area contributed by atoms with Gasteiger partial charge in [-0.2, -0.15) is 18.6 Å². The van der Waals surface area contributed by atoms with Crippen molar-refractivity contribution >= 4 is 41.4 Å². The largest absolute Gasteiger partial charge is 0.444 e. The van der Waals surface area contributed by atoms with Crippen molar-refractivity contribution in [3.63, 3.8) is 0 Å². The number of alkyl halides is 3. The van der Waals surface area contributed by atoms with Crippen molar-refractivity contribution in [2.75, 3.05) is 18.2 Å². The number of carbonyl (C=O) groups excluding carboxylic acids is 2. The number of nitrogens with one attached hydrogen (secondary N) is 2. The lowest BCUT2D eigenvalue weighted by Crippen LogP contribution is -2.45. The number of pyridine rings is 2. The summed E-state index contributed by atoms with van der Waals surface area (Å²) in [6.45, 7) is 10.6. The van der Waals surface area contributed by atoms with Gasteiger partial charge in [-0.3, -0.25) is 14.5 Å². The standard InChI is InChI=1S/C36H48ClF3N6O4S/c1-33(2,3)50-32(48)45-23-25(21-34(45,4)5)10-8-6-7-9-24-11-14-29(41-22-24)51-44-31(47)26-12-13-27(42-30(26)37)46-19-15-28(43-46)49-20-18-35(16-17-35)36(38,39)40/h11-15,19,22,25,28,43H,6-10,16-18,20-21,23H2,1-5H3,(H,44,47). The summed E-state index contributed by atoms with van der Waals surface area (Å²) in [5, 5.41) is 2.16. The maximum absolute atomic E-state index is 13.2. The van der Waals surface area contributed by atoms with E-state index in [-0.39, 0.29) is 48.2 Å². The molecule has 4 heterocycles. The molecule has 51 heavy (non-hydrogen) atoms. The quantitative estimate of drug-likeness (QED) is 0.111. The number of aryl methyl sites for hydroxylation is 1. The molecule has 2 aromatic rings. The SMILES string of the molecule is CC(C)(C)OC(=O)N1CC(CCCCCc2ccc(SNC(=O)c3ccc(N4C=CC(OCCC5(C(F)(F)F)CC5)N4)nc3Cl)nc2)CC1(C)C. The van der Waals surface area contributed by atoms with E-state index in [1.807, 2.05) is 44.0 Å². The van der Waals surface area contributed by atoms with Crippen LogP contribution in [0.1, 0.15) is 102 Å². The van der Waals surface area contributed by atoms with Crippen molar-refractivity contribution in [3.05, 3.63) is 59.0 Å². The third-order valence-corrected chi connectivity index (χ3v) is 10.6. The molecule has 0 aromatic carbocycles. The molecule has 1 aliphatic carbocycles. The van der Waals surface area contributed by atoms with E-state index in [0.717, 1.165) is 62.6 Å². The van der Waals surface area contributed by atoms with Crippen LogP contribution in [0.15, 0.2) is 47.8 Å². The normalized spacial score (nSPS) is 20.9. The highest BCUT2D eigenvalue weighted by Crippen LogP contribution is 2.59. The number of carbonyl (C=O) groups is 2. The van der Waals surface area contributed by atoms with Gasteiger partial charge in [0.1, 0.15) is 27.8 Å². The molecule has 2 aromatic heterocycles. The van der Waals surface area contributed by atoms with E-state index in [1.165, 1.54) is 5.01 Å². The van der Waals surface area contributed by atoms with E-state index in [9.17, 15) is 22.8 Å². The van der Waals surface area contributed by atoms with Crippen LogP contribution >= 0.6 is 23.5 Å². The number of halogens is 4. The lowest BCUT2D eigenvalue weighted by molar-refractivity contribution is -0.192. The summed E-state index contributed by atoms with van der Waals surface area (Å²) in [5.41, 5.74) is 1.98. The summed E-state index contributed by atoms with van der Waals surface area (Å²) in [6.07, 6.45) is 6.50. The van der Waals surface area contributed by atoms with Gasteiger partial charge >= 0.3 is 12.3 Å². The third kappa shape index (κ3) is 10.5. The van der Waals surface area contributed by atoms with Crippen LogP contribution in [0.4, 0.5) is 23.8 Å². The first kappa shape index (κ1) is 39.1. The van der Waals surface area contributed by atoms with E-state index in [0.29, 0.717) is 16.8 Å². The number of ether oxygens (including phenoxy) is 2. The maximum atomic E-state index is 13.2. The fourth-order valence-electron chi connectivity index (χ4n) is 6.49. The second-order valence-corrected chi connectivity index (χ2v) is 16.5. The van der Waals surface area contributed by atoms with Gasteiger partial charge < -0.3 is 14.4 Å². The van der Waals surface area contributed by atoms with Crippen molar-refractivity contribution in [3.8, 4) is 0 Å². The molecule has 3 aliphatic rings. The molecule has 2 N–H and O–H groups in total. The Morgan fingerprint density at radius 2 is 1.88 bits per heavy atom. The van der Waals surface area contributed by atoms with Crippen LogP contribution in [-0.4, -0.2) is 63.6 Å². The zero-order valence-corrected chi connectivity index (χ0v) is 31.4. The summed E-state index contributed by atoms with van der Waals surface area (Å²) in [4.78, 5) is 36.2. The van der Waals surface area contributed by atoms with Gasteiger partial charge in [-0.25, -0.2) is 14.8 Å². The fourth-order valence-corrected chi connectivity index (χ4v) is 7.27. The summed E-state index contributed by atoms with van der Waals surface area (Å²) in [7, 11) is 0. The number of hydrogen-bond acceptors (Lipinski definition) is 9. The number of aromatic nitrogens is 2. The summed E-state index contributed by atoms with van der Waals surface area (Å²) >= 11 is 7.43. The number of rotatable bonds is 14. The molecular weight excluding hydrogens is 705 g/mol. The van der Waals surface area contributed by atoms with Gasteiger partial charge in [0.05, 0.1) is 11.0 Å². The summed E-state index contributed by atoms with van der Waals surface area (Å²) in [6, 6.07) is 7.03. The molecule has 2 atom stereocenters. The zero-order valence-electron chi connectivity index (χ0n) is 29.8. The average molecular weight is 753 g/mol. The molecule has 2 aliphatic heterocycles. The lowest BCUT2D eigenvalue weighted by atomic mass is 9.92. The molecule has 1 saturated carbocycles. The van der Waals surface area contributed by atoms with Crippen LogP contribution < -0.4 is 15.2 Å². The number of anilines is 1. The number of unbranched alkanes of at least 4 members (excludes halogenated alkanes) is 2. The van der Waals surface area contributed by atoms with E-state index in [1.54, 1.807) is 24.4 Å². The van der Waals surface area contributed by atoms with Gasteiger partial charge in [0.15, 0.2) is 0 Å². The van der Waals surface area contributed by atoms with E-state index >= 15 is 0 Å². The first-order chi connectivity index (χ1) is 23.9. The van der Waals surface area contributed by atoms with E-state index in [2.05, 4.69) is 34.0 Å². The fraction of sp³-hybridized carbons (Fsp3) is 0.611.